The second-order valence-corrected chi connectivity index (χ2v) is 10.4. The molecule has 0 aliphatic heterocycles. The molecule has 0 amide bonds. The molecule has 0 aliphatic rings. The van der Waals surface area contributed by atoms with Crippen molar-refractivity contribution in [2.75, 3.05) is 6.35 Å². The summed E-state index contributed by atoms with van der Waals surface area (Å²) in [6.07, 6.45) is 9.51. The molecule has 4 N–H and O–H groups in total. The summed E-state index contributed by atoms with van der Waals surface area (Å²) in [5, 5.41) is 0. The molecule has 0 aromatic carbocycles. The van der Waals surface area contributed by atoms with E-state index in [1.807, 2.05) is 13.0 Å². The van der Waals surface area contributed by atoms with E-state index < -0.39 is 27.4 Å². The minimum absolute atomic E-state index is 0.000805. The Morgan fingerprint density at radius 1 is 0.852 bits per heavy atom. The van der Waals surface area contributed by atoms with Crippen molar-refractivity contribution in [3.8, 4) is 0 Å². The second kappa shape index (κ2) is 12.8. The summed E-state index contributed by atoms with van der Waals surface area (Å²) in [6.45, 7) is 8.24. The van der Waals surface area contributed by atoms with Gasteiger partial charge in [0.1, 0.15) is 6.35 Å². The predicted molar refractivity (Wildman–Crippen MR) is 108 cm³/mol. The Labute approximate surface area is 162 Å². The molecule has 7 nitrogen and oxygen atoms in total. The van der Waals surface area contributed by atoms with E-state index in [2.05, 4.69) is 32.9 Å². The molecule has 1 atom stereocenters. The fourth-order valence-electron chi connectivity index (χ4n) is 2.34. The normalized spacial score (nSPS) is 15.0. The monoisotopic (exact) mass is 424 g/mol. The third-order valence-corrected chi connectivity index (χ3v) is 5.48. The lowest BCUT2D eigenvalue weighted by Gasteiger charge is -2.18. The van der Waals surface area contributed by atoms with Gasteiger partial charge in [-0.3, -0.25) is 9.13 Å². The van der Waals surface area contributed by atoms with Gasteiger partial charge in [-0.05, 0) is 66.2 Å². The minimum Gasteiger partial charge on any atom is -0.353 e. The standard InChI is InChI=1S/C18H34O7P2/c1-15(2)8-5-9-16(3)10-6-11-17(4)12-7-13-18(27(22,23)24)25-14-26(19,20)21/h8,10,12,18H,5-7,9,11,13-14H2,1-4H3,(H2,19,20,21)(H2,22,23,24)/b16-10+,17-12+. The maximum atomic E-state index is 11.4. The molecule has 0 spiro atoms. The van der Waals surface area contributed by atoms with Crippen molar-refractivity contribution in [2.24, 2.45) is 0 Å². The predicted octanol–water partition coefficient (Wildman–Crippen LogP) is 4.84. The van der Waals surface area contributed by atoms with E-state index in [0.717, 1.165) is 31.3 Å². The maximum Gasteiger partial charge on any atom is 0.354 e. The first-order valence-electron chi connectivity index (χ1n) is 8.97. The van der Waals surface area contributed by atoms with Crippen LogP contribution in [0.15, 0.2) is 34.9 Å². The Bertz CT molecular complexity index is 622. The number of ether oxygens (including phenoxy) is 1. The average Bonchev–Trinajstić information content (AvgIpc) is 2.48. The van der Waals surface area contributed by atoms with Crippen LogP contribution in [0.2, 0.25) is 0 Å². The summed E-state index contributed by atoms with van der Waals surface area (Å²) >= 11 is 0. The summed E-state index contributed by atoms with van der Waals surface area (Å²) in [4.78, 5) is 36.1. The van der Waals surface area contributed by atoms with Crippen LogP contribution in [0.4, 0.5) is 0 Å². The summed E-state index contributed by atoms with van der Waals surface area (Å²) < 4.78 is 26.9. The second-order valence-electron chi connectivity index (χ2n) is 7.04. The molecule has 0 saturated heterocycles. The van der Waals surface area contributed by atoms with Gasteiger partial charge in [-0.1, -0.05) is 34.9 Å². The zero-order chi connectivity index (χ0) is 21.1. The Kier molecular flexibility index (Phi) is 12.6. The van der Waals surface area contributed by atoms with Crippen molar-refractivity contribution in [3.05, 3.63) is 34.9 Å². The zero-order valence-corrected chi connectivity index (χ0v) is 18.5. The molecule has 0 radical (unpaired) electrons. The molecule has 0 bridgehead atoms. The van der Waals surface area contributed by atoms with Crippen molar-refractivity contribution in [1.29, 1.82) is 0 Å². The lowest BCUT2D eigenvalue weighted by molar-refractivity contribution is 0.102. The summed E-state index contributed by atoms with van der Waals surface area (Å²) in [7, 11) is -9.05. The van der Waals surface area contributed by atoms with Gasteiger partial charge < -0.3 is 24.3 Å². The molecule has 0 saturated carbocycles. The quantitative estimate of drug-likeness (QED) is 0.246. The summed E-state index contributed by atoms with van der Waals surface area (Å²) in [5.74, 6) is -1.51. The van der Waals surface area contributed by atoms with E-state index in [1.54, 1.807) is 0 Å². The number of rotatable bonds is 13. The highest BCUT2D eigenvalue weighted by molar-refractivity contribution is 7.52. The Morgan fingerprint density at radius 3 is 1.78 bits per heavy atom. The van der Waals surface area contributed by atoms with Crippen LogP contribution >= 0.6 is 15.2 Å². The third kappa shape index (κ3) is 16.2. The van der Waals surface area contributed by atoms with Crippen LogP contribution in [0.3, 0.4) is 0 Å². The van der Waals surface area contributed by atoms with Crippen LogP contribution in [0.5, 0.6) is 0 Å². The van der Waals surface area contributed by atoms with Gasteiger partial charge in [0.2, 0.25) is 0 Å². The van der Waals surface area contributed by atoms with E-state index >= 15 is 0 Å². The van der Waals surface area contributed by atoms with Crippen molar-refractivity contribution in [1.82, 2.24) is 0 Å². The van der Waals surface area contributed by atoms with Gasteiger partial charge in [-0.15, -0.1) is 0 Å². The molecule has 0 heterocycles. The molecule has 0 aromatic rings. The Hall–Kier alpha value is -0.520. The first kappa shape index (κ1) is 26.5. The smallest absolute Gasteiger partial charge is 0.353 e. The molecule has 0 aromatic heterocycles. The molecule has 27 heavy (non-hydrogen) atoms. The van der Waals surface area contributed by atoms with Crippen molar-refractivity contribution < 1.29 is 33.4 Å². The lowest BCUT2D eigenvalue weighted by Crippen LogP contribution is -2.14. The molecule has 0 aliphatic carbocycles. The number of hydrogen-bond acceptors (Lipinski definition) is 3. The van der Waals surface area contributed by atoms with Gasteiger partial charge in [-0.2, -0.15) is 0 Å². The first-order chi connectivity index (χ1) is 12.3. The van der Waals surface area contributed by atoms with Gasteiger partial charge in [0.15, 0.2) is 5.85 Å². The van der Waals surface area contributed by atoms with Gasteiger partial charge in [-0.25, -0.2) is 0 Å². The van der Waals surface area contributed by atoms with Gasteiger partial charge in [0, 0.05) is 0 Å². The highest BCUT2D eigenvalue weighted by Gasteiger charge is 2.31. The van der Waals surface area contributed by atoms with E-state index in [-0.39, 0.29) is 6.42 Å². The largest absolute Gasteiger partial charge is 0.354 e. The zero-order valence-electron chi connectivity index (χ0n) is 16.7. The molecule has 0 fully saturated rings. The van der Waals surface area contributed by atoms with E-state index in [0.29, 0.717) is 6.42 Å². The third-order valence-electron chi connectivity index (χ3n) is 3.84. The van der Waals surface area contributed by atoms with Crippen LogP contribution in [0.25, 0.3) is 0 Å². The van der Waals surface area contributed by atoms with Crippen molar-refractivity contribution >= 4 is 15.2 Å². The number of hydrogen-bond donors (Lipinski definition) is 4. The molecule has 158 valence electrons. The highest BCUT2D eigenvalue weighted by Crippen LogP contribution is 2.46. The van der Waals surface area contributed by atoms with Crippen LogP contribution < -0.4 is 0 Å². The van der Waals surface area contributed by atoms with Gasteiger partial charge in [0.25, 0.3) is 0 Å². The van der Waals surface area contributed by atoms with Crippen LogP contribution in [0.1, 0.15) is 66.2 Å². The van der Waals surface area contributed by atoms with Gasteiger partial charge >= 0.3 is 15.2 Å². The first-order valence-corrected chi connectivity index (χ1v) is 12.4. The minimum atomic E-state index is -4.58. The van der Waals surface area contributed by atoms with E-state index in [4.69, 9.17) is 14.5 Å². The molecular weight excluding hydrogens is 390 g/mol. The van der Waals surface area contributed by atoms with Crippen LogP contribution in [-0.2, 0) is 13.9 Å². The summed E-state index contributed by atoms with van der Waals surface area (Å²) in [5.41, 5.74) is 3.76. The summed E-state index contributed by atoms with van der Waals surface area (Å²) in [6, 6.07) is 0. The molecule has 9 heteroatoms. The number of allylic oxidation sites excluding steroid dienone is 6. The van der Waals surface area contributed by atoms with Crippen LogP contribution in [-0.4, -0.2) is 31.8 Å². The van der Waals surface area contributed by atoms with E-state index in [9.17, 15) is 18.9 Å². The fourth-order valence-corrected chi connectivity index (χ4v) is 3.59. The van der Waals surface area contributed by atoms with Crippen molar-refractivity contribution in [2.45, 2.75) is 72.1 Å². The topological polar surface area (TPSA) is 124 Å². The average molecular weight is 424 g/mol. The van der Waals surface area contributed by atoms with Crippen LogP contribution in [0, 0.1) is 0 Å². The Balaban J connectivity index is 4.39. The SMILES string of the molecule is CC(C)=CCC/C(C)=C/CC/C(C)=C/CCC(OCP(=O)(O)O)P(=O)(O)O. The fraction of sp³-hybridized carbons (Fsp3) is 0.667. The highest BCUT2D eigenvalue weighted by atomic mass is 31.2. The molecule has 0 rings (SSSR count). The van der Waals surface area contributed by atoms with E-state index in [1.165, 1.54) is 11.1 Å². The lowest BCUT2D eigenvalue weighted by atomic mass is 10.1. The van der Waals surface area contributed by atoms with Gasteiger partial charge in [0.05, 0.1) is 0 Å². The Morgan fingerprint density at radius 2 is 1.33 bits per heavy atom. The molecular formula is C18H34O7P2. The molecule has 1 unspecified atom stereocenters. The van der Waals surface area contributed by atoms with Crippen molar-refractivity contribution in [3.63, 3.8) is 0 Å². The maximum absolute atomic E-state index is 11.4.